The van der Waals surface area contributed by atoms with Gasteiger partial charge in [-0.1, -0.05) is 18.2 Å². The first-order valence-electron chi connectivity index (χ1n) is 13.9. The third-order valence-corrected chi connectivity index (χ3v) is 10.1. The number of rotatable bonds is 6. The quantitative estimate of drug-likeness (QED) is 0.338. The number of alkyl halides is 3. The molecule has 1 unspecified atom stereocenters. The highest BCUT2D eigenvalue weighted by molar-refractivity contribution is 7.89. The molecule has 232 valence electrons. The van der Waals surface area contributed by atoms with Crippen molar-refractivity contribution in [1.29, 1.82) is 0 Å². The molecule has 0 saturated carbocycles. The highest BCUT2D eigenvalue weighted by Gasteiger charge is 2.40. The number of halogens is 3. The molecule has 0 aliphatic carbocycles. The molecule has 0 amide bonds. The van der Waals surface area contributed by atoms with Crippen LogP contribution in [0, 0.1) is 13.8 Å². The Hall–Kier alpha value is -4.08. The number of pyridine rings is 2. The van der Waals surface area contributed by atoms with E-state index in [0.29, 0.717) is 47.8 Å². The summed E-state index contributed by atoms with van der Waals surface area (Å²) in [7, 11) is -3.97. The van der Waals surface area contributed by atoms with Gasteiger partial charge in [0, 0.05) is 37.9 Å². The van der Waals surface area contributed by atoms with Gasteiger partial charge in [-0.05, 0) is 59.9 Å². The van der Waals surface area contributed by atoms with Crippen LogP contribution in [0.25, 0.3) is 5.65 Å². The van der Waals surface area contributed by atoms with E-state index in [1.807, 2.05) is 11.8 Å². The fourth-order valence-corrected chi connectivity index (χ4v) is 7.63. The lowest BCUT2D eigenvalue weighted by atomic mass is 9.85. The van der Waals surface area contributed by atoms with Gasteiger partial charge in [-0.3, -0.25) is 9.20 Å². The van der Waals surface area contributed by atoms with Gasteiger partial charge in [0.1, 0.15) is 10.7 Å². The summed E-state index contributed by atoms with van der Waals surface area (Å²) in [6, 6.07) is 9.66. The molecule has 11 nitrogen and oxygen atoms in total. The maximum absolute atomic E-state index is 14.0. The van der Waals surface area contributed by atoms with Crippen molar-refractivity contribution in [3.63, 3.8) is 0 Å². The van der Waals surface area contributed by atoms with Crippen molar-refractivity contribution in [2.75, 3.05) is 31.2 Å². The number of benzene rings is 1. The molecule has 0 spiro atoms. The molecule has 15 heteroatoms. The molecule has 1 saturated heterocycles. The van der Waals surface area contributed by atoms with E-state index in [1.54, 1.807) is 43.5 Å². The predicted octanol–water partition coefficient (Wildman–Crippen LogP) is 3.78. The second kappa shape index (κ2) is 11.1. The summed E-state index contributed by atoms with van der Waals surface area (Å²) in [5.41, 5.74) is 2.85. The number of hydrogen-bond acceptors (Lipinski definition) is 8. The van der Waals surface area contributed by atoms with Gasteiger partial charge in [0.15, 0.2) is 5.65 Å². The Kier molecular flexibility index (Phi) is 7.58. The standard InChI is InChI=1S/C29H29F3N6O5S/c1-17-5-6-19(23(13-25(39)40)22-7-9-38-26(18(22)2)34-35-28(38)29(30,31)32)12-20(17)14-36-15-21-16-43-11-10-37(21)27-24(44(36,41)42)4-3-8-33-27/h3-9,12,21,23H,10-11,13-16H2,1-2H3,(H,39,40)/t21-,23?/m1/s1. The van der Waals surface area contributed by atoms with Gasteiger partial charge >= 0.3 is 12.1 Å². The number of ether oxygens (including phenoxy) is 1. The molecule has 1 aromatic carbocycles. The van der Waals surface area contributed by atoms with E-state index < -0.39 is 33.9 Å². The molecule has 0 radical (unpaired) electrons. The van der Waals surface area contributed by atoms with Gasteiger partial charge in [0.2, 0.25) is 15.8 Å². The number of anilines is 1. The molecule has 1 fully saturated rings. The Morgan fingerprint density at radius 1 is 1.18 bits per heavy atom. The van der Waals surface area contributed by atoms with Crippen molar-refractivity contribution < 1.29 is 36.2 Å². The molecule has 0 bridgehead atoms. The third-order valence-electron chi connectivity index (χ3n) is 8.28. The molecule has 2 aliphatic rings. The lowest BCUT2D eigenvalue weighted by molar-refractivity contribution is -0.145. The molecule has 1 N–H and O–H groups in total. The number of morpholine rings is 1. The van der Waals surface area contributed by atoms with Gasteiger partial charge in [-0.2, -0.15) is 17.5 Å². The van der Waals surface area contributed by atoms with E-state index in [-0.39, 0.29) is 36.1 Å². The summed E-state index contributed by atoms with van der Waals surface area (Å²) in [5, 5.41) is 16.9. The maximum atomic E-state index is 14.0. The number of hydrogen-bond donors (Lipinski definition) is 1. The topological polar surface area (TPSA) is 130 Å². The number of aliphatic carboxylic acids is 1. The Balaban J connectivity index is 1.40. The van der Waals surface area contributed by atoms with Crippen LogP contribution in [0.5, 0.6) is 0 Å². The van der Waals surface area contributed by atoms with Crippen LogP contribution in [-0.4, -0.2) is 75.7 Å². The smallest absolute Gasteiger partial charge is 0.452 e. The van der Waals surface area contributed by atoms with Crippen LogP contribution >= 0.6 is 0 Å². The monoisotopic (exact) mass is 630 g/mol. The van der Waals surface area contributed by atoms with Crippen LogP contribution in [0.2, 0.25) is 0 Å². The second-order valence-electron chi connectivity index (χ2n) is 11.0. The van der Waals surface area contributed by atoms with Crippen molar-refractivity contribution in [3.8, 4) is 0 Å². The van der Waals surface area contributed by atoms with Crippen molar-refractivity contribution in [3.05, 3.63) is 82.4 Å². The molecule has 6 rings (SSSR count). The molecule has 2 atom stereocenters. The highest BCUT2D eigenvalue weighted by Crippen LogP contribution is 2.37. The van der Waals surface area contributed by atoms with Crippen LogP contribution in [0.3, 0.4) is 0 Å². The first kappa shape index (κ1) is 30.0. The fourth-order valence-electron chi connectivity index (χ4n) is 6.02. The molecule has 44 heavy (non-hydrogen) atoms. The Labute approximate surface area is 251 Å². The fraction of sp³-hybridized carbons (Fsp3) is 0.379. The number of carboxylic acids is 1. The number of nitrogens with zero attached hydrogens (tertiary/aromatic N) is 6. The number of aryl methyl sites for hydroxylation is 2. The zero-order chi connectivity index (χ0) is 31.4. The molecule has 5 heterocycles. The van der Waals surface area contributed by atoms with Crippen LogP contribution < -0.4 is 4.90 Å². The van der Waals surface area contributed by atoms with Crippen molar-refractivity contribution in [2.45, 2.75) is 49.8 Å². The largest absolute Gasteiger partial charge is 0.481 e. The summed E-state index contributed by atoms with van der Waals surface area (Å²) in [6.07, 6.45) is -2.31. The third kappa shape index (κ3) is 5.28. The number of aromatic nitrogens is 4. The first-order chi connectivity index (χ1) is 20.9. The highest BCUT2D eigenvalue weighted by atomic mass is 32.2. The maximum Gasteiger partial charge on any atom is 0.452 e. The van der Waals surface area contributed by atoms with E-state index in [1.165, 1.54) is 16.6 Å². The van der Waals surface area contributed by atoms with Crippen LogP contribution in [0.1, 0.15) is 46.0 Å². The number of fused-ring (bicyclic) bond motifs is 4. The predicted molar refractivity (Wildman–Crippen MR) is 152 cm³/mol. The average Bonchev–Trinajstić information content (AvgIpc) is 3.40. The van der Waals surface area contributed by atoms with Gasteiger partial charge in [-0.15, -0.1) is 10.2 Å². The van der Waals surface area contributed by atoms with E-state index in [2.05, 4.69) is 15.2 Å². The first-order valence-corrected chi connectivity index (χ1v) is 15.3. The minimum atomic E-state index is -4.72. The van der Waals surface area contributed by atoms with Crippen molar-refractivity contribution in [1.82, 2.24) is 23.9 Å². The van der Waals surface area contributed by atoms with Crippen LogP contribution in [0.15, 0.2) is 53.7 Å². The van der Waals surface area contributed by atoms with E-state index in [4.69, 9.17) is 4.74 Å². The summed E-state index contributed by atoms with van der Waals surface area (Å²) >= 11 is 0. The second-order valence-corrected chi connectivity index (χ2v) is 12.9. The summed E-state index contributed by atoms with van der Waals surface area (Å²) < 4.78 is 76.2. The molecule has 3 aromatic heterocycles. The van der Waals surface area contributed by atoms with Gasteiger partial charge in [0.05, 0.1) is 25.7 Å². The number of carbonyl (C=O) groups is 1. The molecule has 4 aromatic rings. The zero-order valence-electron chi connectivity index (χ0n) is 23.8. The Bertz CT molecular complexity index is 1860. The van der Waals surface area contributed by atoms with Gasteiger partial charge in [0.25, 0.3) is 0 Å². The molecular weight excluding hydrogens is 601 g/mol. The molecular formula is C29H29F3N6O5S. The van der Waals surface area contributed by atoms with Crippen molar-refractivity contribution >= 4 is 27.5 Å². The van der Waals surface area contributed by atoms with Gasteiger partial charge < -0.3 is 14.7 Å². The van der Waals surface area contributed by atoms with E-state index in [9.17, 15) is 31.5 Å². The van der Waals surface area contributed by atoms with Crippen molar-refractivity contribution in [2.24, 2.45) is 0 Å². The average molecular weight is 631 g/mol. The summed E-state index contributed by atoms with van der Waals surface area (Å²) in [4.78, 5) is 18.5. The number of sulfonamides is 1. The number of carboxylic acid groups (broad SMARTS) is 1. The molecule has 2 aliphatic heterocycles. The zero-order valence-corrected chi connectivity index (χ0v) is 24.6. The SMILES string of the molecule is Cc1ccc(C(CC(=O)O)c2ccn3c(C(F)(F)F)nnc3c2C)cc1CN1C[C@@H]2COCCN2c2ncccc2S1(=O)=O. The Morgan fingerprint density at radius 3 is 2.73 bits per heavy atom. The lowest BCUT2D eigenvalue weighted by Gasteiger charge is -2.36. The summed E-state index contributed by atoms with van der Waals surface area (Å²) in [5.74, 6) is -2.64. The lowest BCUT2D eigenvalue weighted by Crippen LogP contribution is -2.50. The van der Waals surface area contributed by atoms with Crippen LogP contribution in [-0.2, 0) is 32.3 Å². The normalized spacial score (nSPS) is 19.3. The van der Waals surface area contributed by atoms with Crippen LogP contribution in [0.4, 0.5) is 19.0 Å². The minimum Gasteiger partial charge on any atom is -0.481 e. The summed E-state index contributed by atoms with van der Waals surface area (Å²) in [6.45, 7) is 4.88. The van der Waals surface area contributed by atoms with E-state index >= 15 is 0 Å². The minimum absolute atomic E-state index is 0.0115. The van der Waals surface area contributed by atoms with E-state index in [0.717, 1.165) is 9.96 Å². The van der Waals surface area contributed by atoms with Gasteiger partial charge in [-0.25, -0.2) is 13.4 Å². The Morgan fingerprint density at radius 2 is 1.98 bits per heavy atom.